The van der Waals surface area contributed by atoms with Gasteiger partial charge in [-0.25, -0.2) is 10.5 Å². The Hall–Kier alpha value is -3.23. The van der Waals surface area contributed by atoms with E-state index in [-0.39, 0.29) is 12.5 Å². The molecule has 0 aliphatic rings. The molecule has 1 heterocycles. The maximum atomic E-state index is 12.2. The van der Waals surface area contributed by atoms with Crippen molar-refractivity contribution in [3.8, 4) is 17.0 Å². The van der Waals surface area contributed by atoms with Crippen molar-refractivity contribution in [2.75, 3.05) is 13.2 Å². The van der Waals surface area contributed by atoms with Crippen LogP contribution in [0.1, 0.15) is 20.2 Å². The summed E-state index contributed by atoms with van der Waals surface area (Å²) >= 11 is 1.29. The van der Waals surface area contributed by atoms with Gasteiger partial charge in [0.05, 0.1) is 12.2 Å². The van der Waals surface area contributed by atoms with Gasteiger partial charge < -0.3 is 10.1 Å². The van der Waals surface area contributed by atoms with Gasteiger partial charge in [0, 0.05) is 16.5 Å². The zero-order valence-corrected chi connectivity index (χ0v) is 15.0. The van der Waals surface area contributed by atoms with Crippen LogP contribution in [0.3, 0.4) is 0 Å². The van der Waals surface area contributed by atoms with E-state index < -0.39 is 5.91 Å². The Labute approximate surface area is 159 Å². The zero-order valence-electron chi connectivity index (χ0n) is 14.2. The molecule has 0 aliphatic heterocycles. The van der Waals surface area contributed by atoms with Crippen LogP contribution in [0.4, 0.5) is 0 Å². The van der Waals surface area contributed by atoms with E-state index in [0.29, 0.717) is 22.9 Å². The number of hydrogen-bond donors (Lipinski definition) is 3. The van der Waals surface area contributed by atoms with Crippen molar-refractivity contribution in [1.82, 2.24) is 15.8 Å². The van der Waals surface area contributed by atoms with Crippen LogP contribution in [-0.2, 0) is 0 Å². The number of nitrogens with one attached hydrogen (secondary N) is 2. The Kier molecular flexibility index (Phi) is 6.14. The first kappa shape index (κ1) is 18.6. The molecule has 2 aromatic carbocycles. The van der Waals surface area contributed by atoms with Gasteiger partial charge in [-0.1, -0.05) is 30.3 Å². The number of carbonyl (C=O) groups excluding carboxylic acids is 2. The number of thiazole rings is 1. The second-order valence-electron chi connectivity index (χ2n) is 5.47. The number of hydroxylamine groups is 1. The lowest BCUT2D eigenvalue weighted by Crippen LogP contribution is -2.28. The minimum Gasteiger partial charge on any atom is -0.492 e. The molecule has 0 spiro atoms. The van der Waals surface area contributed by atoms with Crippen LogP contribution in [0.15, 0.2) is 60.0 Å². The second kappa shape index (κ2) is 8.93. The Morgan fingerprint density at radius 3 is 2.48 bits per heavy atom. The van der Waals surface area contributed by atoms with Gasteiger partial charge in [0.15, 0.2) is 5.01 Å². The van der Waals surface area contributed by atoms with Gasteiger partial charge in [-0.15, -0.1) is 11.3 Å². The van der Waals surface area contributed by atoms with Crippen LogP contribution in [0.25, 0.3) is 11.3 Å². The third-order valence-electron chi connectivity index (χ3n) is 3.64. The largest absolute Gasteiger partial charge is 0.492 e. The first-order valence-electron chi connectivity index (χ1n) is 8.14. The number of benzene rings is 2. The van der Waals surface area contributed by atoms with Gasteiger partial charge in [-0.05, 0) is 24.3 Å². The molecule has 1 aromatic heterocycles. The summed E-state index contributed by atoms with van der Waals surface area (Å²) < 4.78 is 5.51. The molecule has 0 fully saturated rings. The number of carbonyl (C=O) groups is 2. The quantitative estimate of drug-likeness (QED) is 0.331. The van der Waals surface area contributed by atoms with Crippen LogP contribution in [0.2, 0.25) is 0 Å². The summed E-state index contributed by atoms with van der Waals surface area (Å²) in [4.78, 5) is 27.8. The van der Waals surface area contributed by atoms with E-state index >= 15 is 0 Å². The van der Waals surface area contributed by atoms with Gasteiger partial charge in [0.2, 0.25) is 0 Å². The van der Waals surface area contributed by atoms with Gasteiger partial charge in [0.25, 0.3) is 11.8 Å². The maximum absolute atomic E-state index is 12.2. The highest BCUT2D eigenvalue weighted by atomic mass is 32.1. The van der Waals surface area contributed by atoms with Crippen LogP contribution < -0.4 is 15.5 Å². The molecule has 138 valence electrons. The van der Waals surface area contributed by atoms with Crippen LogP contribution in [0.5, 0.6) is 5.75 Å². The number of ether oxygens (including phenoxy) is 1. The first-order chi connectivity index (χ1) is 13.2. The molecule has 3 rings (SSSR count). The molecule has 0 saturated carbocycles. The molecule has 3 N–H and O–H groups in total. The fourth-order valence-electron chi connectivity index (χ4n) is 2.30. The molecule has 0 aliphatic carbocycles. The van der Waals surface area contributed by atoms with Crippen LogP contribution >= 0.6 is 11.3 Å². The van der Waals surface area contributed by atoms with E-state index in [4.69, 9.17) is 9.94 Å². The summed E-state index contributed by atoms with van der Waals surface area (Å²) in [5.74, 6) is -0.285. The average molecular weight is 383 g/mol. The molecule has 7 nitrogen and oxygen atoms in total. The Balaban J connectivity index is 1.46. The number of amides is 2. The first-order valence-corrected chi connectivity index (χ1v) is 9.02. The number of rotatable bonds is 7. The third kappa shape index (κ3) is 4.90. The van der Waals surface area contributed by atoms with Crippen molar-refractivity contribution in [2.45, 2.75) is 0 Å². The average Bonchev–Trinajstić information content (AvgIpc) is 3.22. The minimum absolute atomic E-state index is 0.249. The molecule has 0 saturated heterocycles. The van der Waals surface area contributed by atoms with E-state index in [1.165, 1.54) is 23.5 Å². The number of nitrogens with zero attached hydrogens (tertiary/aromatic N) is 1. The molecule has 0 unspecified atom stereocenters. The van der Waals surface area contributed by atoms with E-state index in [1.807, 2.05) is 35.7 Å². The van der Waals surface area contributed by atoms with Crippen molar-refractivity contribution in [3.05, 3.63) is 70.5 Å². The normalized spacial score (nSPS) is 10.3. The Morgan fingerprint density at radius 2 is 1.78 bits per heavy atom. The lowest BCUT2D eigenvalue weighted by atomic mass is 10.2. The topological polar surface area (TPSA) is 101 Å². The molecule has 8 heteroatoms. The zero-order chi connectivity index (χ0) is 19.1. The molecular formula is C19H17N3O4S. The smallest absolute Gasteiger partial charge is 0.280 e. The molecule has 27 heavy (non-hydrogen) atoms. The lowest BCUT2D eigenvalue weighted by Gasteiger charge is -2.07. The highest BCUT2D eigenvalue weighted by Gasteiger charge is 2.11. The highest BCUT2D eigenvalue weighted by molar-refractivity contribution is 7.12. The molecule has 0 radical (unpaired) electrons. The molecule has 0 atom stereocenters. The Morgan fingerprint density at radius 1 is 1.04 bits per heavy atom. The fourth-order valence-corrected chi connectivity index (χ4v) is 3.04. The number of hydrogen-bond acceptors (Lipinski definition) is 6. The second-order valence-corrected chi connectivity index (χ2v) is 6.33. The van der Waals surface area contributed by atoms with Crippen LogP contribution in [-0.4, -0.2) is 35.2 Å². The monoisotopic (exact) mass is 383 g/mol. The number of aromatic nitrogens is 1. The van der Waals surface area contributed by atoms with Crippen molar-refractivity contribution < 1.29 is 19.5 Å². The summed E-state index contributed by atoms with van der Waals surface area (Å²) in [6, 6.07) is 15.9. The van der Waals surface area contributed by atoms with E-state index in [0.717, 1.165) is 11.3 Å². The third-order valence-corrected chi connectivity index (χ3v) is 4.48. The molecular weight excluding hydrogens is 366 g/mol. The lowest BCUT2D eigenvalue weighted by molar-refractivity contribution is 0.0706. The highest BCUT2D eigenvalue weighted by Crippen LogP contribution is 2.21. The van der Waals surface area contributed by atoms with Gasteiger partial charge in [-0.3, -0.25) is 14.8 Å². The summed E-state index contributed by atoms with van der Waals surface area (Å²) in [6.45, 7) is 0.589. The van der Waals surface area contributed by atoms with Crippen molar-refractivity contribution in [3.63, 3.8) is 0 Å². The van der Waals surface area contributed by atoms with Gasteiger partial charge in [0.1, 0.15) is 12.4 Å². The Bertz CT molecular complexity index is 910. The van der Waals surface area contributed by atoms with E-state index in [9.17, 15) is 9.59 Å². The van der Waals surface area contributed by atoms with E-state index in [2.05, 4.69) is 10.3 Å². The van der Waals surface area contributed by atoms with Crippen molar-refractivity contribution in [2.24, 2.45) is 0 Å². The summed E-state index contributed by atoms with van der Waals surface area (Å²) in [5, 5.41) is 13.6. The minimum atomic E-state index is -0.591. The van der Waals surface area contributed by atoms with Crippen LogP contribution in [0, 0.1) is 0 Å². The summed E-state index contributed by atoms with van der Waals surface area (Å²) in [7, 11) is 0. The predicted molar refractivity (Wildman–Crippen MR) is 101 cm³/mol. The van der Waals surface area contributed by atoms with Crippen molar-refractivity contribution in [1.29, 1.82) is 0 Å². The standard InChI is InChI=1S/C19H17N3O4S/c23-17(22-25)14-6-8-15(9-7-14)26-11-10-20-18(24)19-21-16(12-27-19)13-4-2-1-3-5-13/h1-9,12,25H,10-11H2,(H,20,24)(H,22,23). The molecule has 0 bridgehead atoms. The molecule has 2 amide bonds. The fraction of sp³-hybridized carbons (Fsp3) is 0.105. The summed E-state index contributed by atoms with van der Waals surface area (Å²) in [6.07, 6.45) is 0. The SMILES string of the molecule is O=C(NO)c1ccc(OCCNC(=O)c2nc(-c3ccccc3)cs2)cc1. The summed E-state index contributed by atoms with van der Waals surface area (Å²) in [5.41, 5.74) is 3.62. The maximum Gasteiger partial charge on any atom is 0.280 e. The van der Waals surface area contributed by atoms with Crippen molar-refractivity contribution >= 4 is 23.2 Å². The predicted octanol–water partition coefficient (Wildman–Crippen LogP) is 2.74. The van der Waals surface area contributed by atoms with Gasteiger partial charge >= 0.3 is 0 Å². The van der Waals surface area contributed by atoms with E-state index in [1.54, 1.807) is 17.6 Å². The molecule has 3 aromatic rings. The van der Waals surface area contributed by atoms with Gasteiger partial charge in [-0.2, -0.15) is 0 Å².